The summed E-state index contributed by atoms with van der Waals surface area (Å²) < 4.78 is 5.48. The normalized spacial score (nSPS) is 24.1. The molecule has 1 spiro atoms. The van der Waals surface area contributed by atoms with Gasteiger partial charge in [-0.25, -0.2) is 4.79 Å². The number of carbonyl (C=O) groups is 1. The maximum absolute atomic E-state index is 12.2. The quantitative estimate of drug-likeness (QED) is 0.798. The third-order valence-corrected chi connectivity index (χ3v) is 4.16. The van der Waals surface area contributed by atoms with Gasteiger partial charge in [-0.15, -0.1) is 0 Å². The number of nitrogens with zero attached hydrogens (tertiary/aromatic N) is 2. The summed E-state index contributed by atoms with van der Waals surface area (Å²) in [6, 6.07) is 4.11. The van der Waals surface area contributed by atoms with E-state index in [0.29, 0.717) is 6.54 Å². The minimum atomic E-state index is -0.451. The summed E-state index contributed by atoms with van der Waals surface area (Å²) in [4.78, 5) is 18.8. The number of likely N-dealkylation sites (tertiary alicyclic amines) is 1. The third kappa shape index (κ3) is 2.57. The highest BCUT2D eigenvalue weighted by atomic mass is 16.6. The molecule has 114 valence electrons. The fourth-order valence-electron chi connectivity index (χ4n) is 3.14. The second-order valence-corrected chi connectivity index (χ2v) is 7.13. The molecule has 2 aliphatic heterocycles. The van der Waals surface area contributed by atoms with Crippen LogP contribution < -0.4 is 5.32 Å². The summed E-state index contributed by atoms with van der Waals surface area (Å²) in [5.41, 5.74) is 2.72. The lowest BCUT2D eigenvalue weighted by Crippen LogP contribution is -2.39. The molecule has 1 amide bonds. The molecule has 1 saturated heterocycles. The van der Waals surface area contributed by atoms with E-state index in [-0.39, 0.29) is 11.5 Å². The number of carbonyl (C=O) groups excluding carboxylic acids is 1. The van der Waals surface area contributed by atoms with Crippen molar-refractivity contribution in [1.29, 1.82) is 0 Å². The van der Waals surface area contributed by atoms with Crippen LogP contribution in [0.2, 0.25) is 0 Å². The monoisotopic (exact) mass is 289 g/mol. The van der Waals surface area contributed by atoms with E-state index in [1.54, 1.807) is 0 Å². The molecule has 0 bridgehead atoms. The largest absolute Gasteiger partial charge is 0.444 e. The summed E-state index contributed by atoms with van der Waals surface area (Å²) in [7, 11) is 0. The van der Waals surface area contributed by atoms with Crippen LogP contribution >= 0.6 is 0 Å². The van der Waals surface area contributed by atoms with Crippen molar-refractivity contribution in [3.8, 4) is 0 Å². The SMILES string of the molecule is Cc1ccc2c(n1)C1(CCN(C(=O)OC(C)(C)C)C1)CN2. The van der Waals surface area contributed by atoms with E-state index >= 15 is 0 Å². The standard InChI is InChI=1S/C16H23N3O2/c1-11-5-6-12-13(18-11)16(9-17-12)7-8-19(10-16)14(20)21-15(2,3)4/h5-6,17H,7-10H2,1-4H3. The minimum absolute atomic E-state index is 0.0573. The van der Waals surface area contributed by atoms with Crippen LogP contribution in [0.4, 0.5) is 10.5 Å². The van der Waals surface area contributed by atoms with Crippen LogP contribution in [0.5, 0.6) is 0 Å². The van der Waals surface area contributed by atoms with Crippen molar-refractivity contribution >= 4 is 11.8 Å². The van der Waals surface area contributed by atoms with Gasteiger partial charge in [-0.2, -0.15) is 0 Å². The van der Waals surface area contributed by atoms with Crippen LogP contribution in [0.3, 0.4) is 0 Å². The van der Waals surface area contributed by atoms with Crippen molar-refractivity contribution in [3.63, 3.8) is 0 Å². The van der Waals surface area contributed by atoms with Gasteiger partial charge in [-0.05, 0) is 46.2 Å². The molecular formula is C16H23N3O2. The molecule has 5 heteroatoms. The average molecular weight is 289 g/mol. The molecule has 3 rings (SSSR count). The first-order valence-electron chi connectivity index (χ1n) is 7.49. The van der Waals surface area contributed by atoms with Crippen LogP contribution in [0.25, 0.3) is 0 Å². The van der Waals surface area contributed by atoms with Gasteiger partial charge in [0.25, 0.3) is 0 Å². The number of rotatable bonds is 0. The van der Waals surface area contributed by atoms with Gasteiger partial charge >= 0.3 is 6.09 Å². The summed E-state index contributed by atoms with van der Waals surface area (Å²) in [6.45, 7) is 9.95. The average Bonchev–Trinajstić information content (AvgIpc) is 2.95. The van der Waals surface area contributed by atoms with E-state index in [2.05, 4.69) is 11.4 Å². The smallest absolute Gasteiger partial charge is 0.410 e. The molecule has 1 fully saturated rings. The first-order chi connectivity index (χ1) is 9.79. The maximum atomic E-state index is 12.2. The van der Waals surface area contributed by atoms with Crippen molar-refractivity contribution < 1.29 is 9.53 Å². The Hall–Kier alpha value is -1.78. The summed E-state index contributed by atoms with van der Waals surface area (Å²) in [5, 5.41) is 3.43. The highest BCUT2D eigenvalue weighted by Crippen LogP contribution is 2.42. The Morgan fingerprint density at radius 2 is 2.19 bits per heavy atom. The van der Waals surface area contributed by atoms with Crippen molar-refractivity contribution in [2.75, 3.05) is 25.0 Å². The highest BCUT2D eigenvalue weighted by Gasteiger charge is 2.47. The number of anilines is 1. The lowest BCUT2D eigenvalue weighted by Gasteiger charge is -2.26. The van der Waals surface area contributed by atoms with Crippen molar-refractivity contribution in [2.24, 2.45) is 0 Å². The van der Waals surface area contributed by atoms with E-state index in [1.807, 2.05) is 38.7 Å². The molecule has 1 aromatic rings. The number of ether oxygens (including phenoxy) is 1. The number of aryl methyl sites for hydroxylation is 1. The number of amides is 1. The third-order valence-electron chi connectivity index (χ3n) is 4.16. The summed E-state index contributed by atoms with van der Waals surface area (Å²) >= 11 is 0. The molecule has 0 radical (unpaired) electrons. The Bertz CT molecular complexity index is 579. The zero-order valence-electron chi connectivity index (χ0n) is 13.2. The summed E-state index contributed by atoms with van der Waals surface area (Å²) in [5.74, 6) is 0. The maximum Gasteiger partial charge on any atom is 0.410 e. The molecule has 3 heterocycles. The fourth-order valence-corrected chi connectivity index (χ4v) is 3.14. The molecule has 0 saturated carbocycles. The van der Waals surface area contributed by atoms with Gasteiger partial charge in [0.1, 0.15) is 5.60 Å². The Labute approximate surface area is 125 Å². The first kappa shape index (κ1) is 14.2. The van der Waals surface area contributed by atoms with Gasteiger partial charge in [-0.3, -0.25) is 4.98 Å². The van der Waals surface area contributed by atoms with Gasteiger partial charge < -0.3 is 15.0 Å². The van der Waals surface area contributed by atoms with Crippen LogP contribution in [-0.2, 0) is 10.2 Å². The first-order valence-corrected chi connectivity index (χ1v) is 7.49. The summed E-state index contributed by atoms with van der Waals surface area (Å²) in [6.07, 6.45) is 0.711. The number of aromatic nitrogens is 1. The molecular weight excluding hydrogens is 266 g/mol. The lowest BCUT2D eigenvalue weighted by atomic mass is 9.85. The molecule has 5 nitrogen and oxygen atoms in total. The Morgan fingerprint density at radius 3 is 2.90 bits per heavy atom. The van der Waals surface area contributed by atoms with Crippen LogP contribution in [-0.4, -0.2) is 41.2 Å². The molecule has 2 aliphatic rings. The van der Waals surface area contributed by atoms with Crippen LogP contribution in [0.15, 0.2) is 12.1 Å². The number of fused-ring (bicyclic) bond motifs is 2. The van der Waals surface area contributed by atoms with Crippen LogP contribution in [0, 0.1) is 6.92 Å². The number of nitrogens with one attached hydrogen (secondary N) is 1. The van der Waals surface area contributed by atoms with Gasteiger partial charge in [0.15, 0.2) is 0 Å². The van der Waals surface area contributed by atoms with E-state index < -0.39 is 5.60 Å². The predicted molar refractivity (Wildman–Crippen MR) is 81.6 cm³/mol. The molecule has 21 heavy (non-hydrogen) atoms. The fraction of sp³-hybridized carbons (Fsp3) is 0.625. The Kier molecular flexibility index (Phi) is 3.11. The van der Waals surface area contributed by atoms with E-state index in [1.165, 1.54) is 0 Å². The molecule has 1 aromatic heterocycles. The van der Waals surface area contributed by atoms with Crippen LogP contribution in [0.1, 0.15) is 38.6 Å². The van der Waals surface area contributed by atoms with E-state index in [9.17, 15) is 4.79 Å². The number of hydrogen-bond donors (Lipinski definition) is 1. The molecule has 1 N–H and O–H groups in total. The lowest BCUT2D eigenvalue weighted by molar-refractivity contribution is 0.0285. The zero-order chi connectivity index (χ0) is 15.3. The topological polar surface area (TPSA) is 54.5 Å². The minimum Gasteiger partial charge on any atom is -0.444 e. The zero-order valence-corrected chi connectivity index (χ0v) is 13.2. The van der Waals surface area contributed by atoms with Crippen molar-refractivity contribution in [2.45, 2.75) is 45.1 Å². The van der Waals surface area contributed by atoms with Gasteiger partial charge in [0, 0.05) is 25.3 Å². The predicted octanol–water partition coefficient (Wildman–Crippen LogP) is 2.69. The van der Waals surface area contributed by atoms with E-state index in [0.717, 1.165) is 36.6 Å². The second kappa shape index (κ2) is 4.61. The number of hydrogen-bond acceptors (Lipinski definition) is 4. The molecule has 0 aromatic carbocycles. The van der Waals surface area contributed by atoms with Gasteiger partial charge in [0.2, 0.25) is 0 Å². The highest BCUT2D eigenvalue weighted by molar-refractivity contribution is 5.70. The Morgan fingerprint density at radius 1 is 1.43 bits per heavy atom. The Balaban J connectivity index is 1.79. The van der Waals surface area contributed by atoms with Gasteiger partial charge in [0.05, 0.1) is 16.8 Å². The molecule has 0 aliphatic carbocycles. The van der Waals surface area contributed by atoms with E-state index in [4.69, 9.17) is 9.72 Å². The van der Waals surface area contributed by atoms with Crippen molar-refractivity contribution in [3.05, 3.63) is 23.5 Å². The van der Waals surface area contributed by atoms with Gasteiger partial charge in [-0.1, -0.05) is 0 Å². The molecule has 1 atom stereocenters. The second-order valence-electron chi connectivity index (χ2n) is 7.13. The molecule has 1 unspecified atom stereocenters. The number of pyridine rings is 1. The van der Waals surface area contributed by atoms with Crippen molar-refractivity contribution in [1.82, 2.24) is 9.88 Å².